The molecule has 3 aromatic carbocycles. The van der Waals surface area contributed by atoms with Crippen molar-refractivity contribution in [3.05, 3.63) is 91.0 Å². The van der Waals surface area contributed by atoms with Crippen LogP contribution in [0.3, 0.4) is 0 Å². The molecule has 0 atom stereocenters. The first-order valence-corrected chi connectivity index (χ1v) is 10.1. The maximum Gasteiger partial charge on any atom is 0.239 e. The molecule has 0 aliphatic carbocycles. The summed E-state index contributed by atoms with van der Waals surface area (Å²) in [4.78, 5) is 2.09. The van der Waals surface area contributed by atoms with Crippen LogP contribution < -0.4 is 39.9 Å². The molecule has 0 radical (unpaired) electrons. The minimum Gasteiger partial charge on any atom is -1.00 e. The summed E-state index contributed by atoms with van der Waals surface area (Å²) in [6.07, 6.45) is 0. The quantitative estimate of drug-likeness (QED) is 0.311. The predicted molar refractivity (Wildman–Crippen MR) is 111 cm³/mol. The number of hydrogen-bond acceptors (Lipinski definition) is 1. The highest BCUT2D eigenvalue weighted by Crippen LogP contribution is 2.57. The van der Waals surface area contributed by atoms with Crippen molar-refractivity contribution in [2.75, 3.05) is 14.1 Å². The van der Waals surface area contributed by atoms with Crippen LogP contribution in [0.5, 0.6) is 0 Å². The van der Waals surface area contributed by atoms with Gasteiger partial charge in [0.25, 0.3) is 0 Å². The van der Waals surface area contributed by atoms with E-state index in [0.717, 1.165) is 4.73 Å². The van der Waals surface area contributed by atoms with Gasteiger partial charge in [-0.05, 0) is 48.6 Å². The van der Waals surface area contributed by atoms with Gasteiger partial charge in [-0.2, -0.15) is 0 Å². The lowest BCUT2D eigenvalue weighted by Gasteiger charge is -2.30. The summed E-state index contributed by atoms with van der Waals surface area (Å²) in [6.45, 7) is 0. The smallest absolute Gasteiger partial charge is 0.239 e. The Labute approximate surface area is 173 Å². The van der Waals surface area contributed by atoms with Gasteiger partial charge >= 0.3 is 0 Å². The van der Waals surface area contributed by atoms with Crippen LogP contribution in [-0.2, 0) is 0 Å². The number of thiocarbonyl (C=S) groups is 1. The molecule has 0 amide bonds. The number of halogens is 1. The summed E-state index contributed by atoms with van der Waals surface area (Å²) in [5, 5.41) is 3.88. The molecule has 0 unspecified atom stereocenters. The Balaban J connectivity index is 0.00000225. The van der Waals surface area contributed by atoms with E-state index < -0.39 is 7.26 Å². The monoisotopic (exact) mass is 477 g/mol. The van der Waals surface area contributed by atoms with Crippen molar-refractivity contribution < 1.29 is 24.0 Å². The van der Waals surface area contributed by atoms with E-state index in [4.69, 9.17) is 12.2 Å². The molecule has 0 aliphatic heterocycles. The van der Waals surface area contributed by atoms with E-state index >= 15 is 0 Å². The average Bonchev–Trinajstić information content (AvgIpc) is 2.65. The van der Waals surface area contributed by atoms with Gasteiger partial charge in [0.15, 0.2) is 7.26 Å². The molecule has 0 aromatic heterocycles. The zero-order chi connectivity index (χ0) is 17.0. The van der Waals surface area contributed by atoms with E-state index in [1.165, 1.54) is 15.9 Å². The van der Waals surface area contributed by atoms with Gasteiger partial charge < -0.3 is 28.9 Å². The van der Waals surface area contributed by atoms with E-state index in [-0.39, 0.29) is 24.0 Å². The first kappa shape index (κ1) is 20.0. The van der Waals surface area contributed by atoms with Crippen LogP contribution in [0, 0.1) is 0 Å². The van der Waals surface area contributed by atoms with Gasteiger partial charge in [-0.1, -0.05) is 54.6 Å². The van der Waals surface area contributed by atoms with Crippen LogP contribution in [0.4, 0.5) is 0 Å². The van der Waals surface area contributed by atoms with Crippen LogP contribution in [-0.4, -0.2) is 23.7 Å². The first-order valence-electron chi connectivity index (χ1n) is 7.95. The first-order chi connectivity index (χ1) is 11.7. The second kappa shape index (κ2) is 8.88. The zero-order valence-corrected chi connectivity index (χ0v) is 18.2. The summed E-state index contributed by atoms with van der Waals surface area (Å²) in [6, 6.07) is 32.1. The Hall–Kier alpha value is -1.29. The lowest BCUT2D eigenvalue weighted by atomic mass is 10.4. The van der Waals surface area contributed by atoms with Gasteiger partial charge in [0.2, 0.25) is 4.73 Å². The minimum absolute atomic E-state index is 0. The van der Waals surface area contributed by atoms with Gasteiger partial charge in [0, 0.05) is 14.1 Å². The normalized spacial score (nSPS) is 10.6. The van der Waals surface area contributed by atoms with Gasteiger partial charge in [0.1, 0.15) is 15.9 Å². The van der Waals surface area contributed by atoms with E-state index in [1.807, 2.05) is 14.1 Å². The van der Waals surface area contributed by atoms with Crippen LogP contribution >= 0.6 is 19.5 Å². The number of hydrogen-bond donors (Lipinski definition) is 0. The van der Waals surface area contributed by atoms with Gasteiger partial charge in [0.05, 0.1) is 0 Å². The highest BCUT2D eigenvalue weighted by molar-refractivity contribution is 8.17. The van der Waals surface area contributed by atoms with E-state index in [0.29, 0.717) is 0 Å². The van der Waals surface area contributed by atoms with E-state index in [1.54, 1.807) is 0 Å². The molecule has 128 valence electrons. The van der Waals surface area contributed by atoms with Crippen molar-refractivity contribution in [3.63, 3.8) is 0 Å². The predicted octanol–water partition coefficient (Wildman–Crippen LogP) is 0.831. The Morgan fingerprint density at radius 3 is 1.16 bits per heavy atom. The zero-order valence-electron chi connectivity index (χ0n) is 14.3. The molecule has 0 N–H and O–H groups in total. The Kier molecular flexibility index (Phi) is 7.12. The second-order valence-electron chi connectivity index (χ2n) is 5.85. The van der Waals surface area contributed by atoms with Crippen molar-refractivity contribution in [1.82, 2.24) is 4.90 Å². The average molecular weight is 477 g/mol. The van der Waals surface area contributed by atoms with Gasteiger partial charge in [-0.3, -0.25) is 0 Å². The van der Waals surface area contributed by atoms with Crippen LogP contribution in [0.1, 0.15) is 0 Å². The Morgan fingerprint density at radius 1 is 0.640 bits per heavy atom. The third-order valence-corrected chi connectivity index (χ3v) is 9.48. The summed E-state index contributed by atoms with van der Waals surface area (Å²) in [7, 11) is 2.05. The Morgan fingerprint density at radius 2 is 0.920 bits per heavy atom. The third kappa shape index (κ3) is 3.79. The van der Waals surface area contributed by atoms with Crippen molar-refractivity contribution in [1.29, 1.82) is 0 Å². The molecule has 0 fully saturated rings. The fourth-order valence-corrected chi connectivity index (χ4v) is 8.00. The molecule has 4 heteroatoms. The third-order valence-electron chi connectivity index (χ3n) is 4.10. The number of rotatable bonds is 4. The molecule has 25 heavy (non-hydrogen) atoms. The minimum atomic E-state index is -2.04. The molecule has 0 saturated heterocycles. The molecule has 3 aromatic rings. The molecule has 1 nitrogen and oxygen atoms in total. The molecule has 0 heterocycles. The summed E-state index contributed by atoms with van der Waals surface area (Å²) in [5.74, 6) is 0. The maximum absolute atomic E-state index is 6.03. The van der Waals surface area contributed by atoms with Crippen LogP contribution in [0.15, 0.2) is 91.0 Å². The van der Waals surface area contributed by atoms with Crippen LogP contribution in [0.2, 0.25) is 0 Å². The van der Waals surface area contributed by atoms with Crippen molar-refractivity contribution >= 4 is 40.1 Å². The molecule has 0 spiro atoms. The topological polar surface area (TPSA) is 3.24 Å². The standard InChI is InChI=1S/C21H21NPS.HI/c1-22(2)21(24)23(18-12-6-3-7-13-18,19-14-8-4-9-15-19)20-16-10-5-11-17-20;/h3-17H,1-2H3;1H/q+1;/p-1. The van der Waals surface area contributed by atoms with Crippen LogP contribution in [0.25, 0.3) is 0 Å². The maximum atomic E-state index is 6.03. The summed E-state index contributed by atoms with van der Waals surface area (Å²) in [5.41, 5.74) is 0. The molecular weight excluding hydrogens is 456 g/mol. The molecular formula is C21H21INPS. The van der Waals surface area contributed by atoms with Crippen molar-refractivity contribution in [3.8, 4) is 0 Å². The SMILES string of the molecule is CN(C)C(=S)[P+](c1ccccc1)(c1ccccc1)c1ccccc1.[I-]. The second-order valence-corrected chi connectivity index (χ2v) is 9.86. The number of nitrogens with zero attached hydrogens (tertiary/aromatic N) is 1. The van der Waals surface area contributed by atoms with E-state index in [2.05, 4.69) is 95.9 Å². The highest BCUT2D eigenvalue weighted by Gasteiger charge is 2.51. The lowest BCUT2D eigenvalue weighted by Crippen LogP contribution is -3.00. The molecule has 0 bridgehead atoms. The van der Waals surface area contributed by atoms with Gasteiger partial charge in [-0.25, -0.2) is 0 Å². The molecule has 3 rings (SSSR count). The van der Waals surface area contributed by atoms with Crippen molar-refractivity contribution in [2.45, 2.75) is 0 Å². The largest absolute Gasteiger partial charge is 1.00 e. The Bertz CT molecular complexity index is 710. The fourth-order valence-electron chi connectivity index (χ4n) is 3.03. The molecule has 0 saturated carbocycles. The highest BCUT2D eigenvalue weighted by atomic mass is 127. The van der Waals surface area contributed by atoms with E-state index in [9.17, 15) is 0 Å². The summed E-state index contributed by atoms with van der Waals surface area (Å²) >= 11 is 6.03. The molecule has 0 aliphatic rings. The number of benzene rings is 3. The fraction of sp³-hybridized carbons (Fsp3) is 0.0952. The summed E-state index contributed by atoms with van der Waals surface area (Å²) < 4.78 is 0.992. The van der Waals surface area contributed by atoms with Gasteiger partial charge in [-0.15, -0.1) is 0 Å². The van der Waals surface area contributed by atoms with Crippen molar-refractivity contribution in [2.24, 2.45) is 0 Å². The lowest BCUT2D eigenvalue weighted by molar-refractivity contribution is -0.00000458.